The normalized spacial score (nSPS) is 32.9. The topological polar surface area (TPSA) is 37.4 Å². The van der Waals surface area contributed by atoms with Gasteiger partial charge in [0.1, 0.15) is 0 Å². The van der Waals surface area contributed by atoms with Gasteiger partial charge >= 0.3 is 0 Å². The molecule has 0 aromatic heterocycles. The number of amides is 1. The van der Waals surface area contributed by atoms with Crippen LogP contribution in [-0.4, -0.2) is 33.5 Å². The van der Waals surface area contributed by atoms with E-state index in [2.05, 4.69) is 0 Å². The number of rotatable bonds is 0. The molecule has 5 heteroatoms. The maximum Gasteiger partial charge on any atom is 0.228 e. The largest absolute Gasteiger partial charge is 0.334 e. The molecule has 15 heavy (non-hydrogen) atoms. The second kappa shape index (κ2) is 2.89. The molecule has 84 valence electrons. The zero-order chi connectivity index (χ0) is 11.6. The van der Waals surface area contributed by atoms with Gasteiger partial charge in [-0.2, -0.15) is 0 Å². The lowest BCUT2D eigenvalue weighted by molar-refractivity contribution is -0.170. The van der Waals surface area contributed by atoms with Crippen LogP contribution in [0.4, 0.5) is 0 Å². The Balaban J connectivity index is 2.13. The molecule has 0 spiro atoms. The molecule has 2 rings (SSSR count). The lowest BCUT2D eigenvalue weighted by Gasteiger charge is -2.61. The van der Waals surface area contributed by atoms with E-state index < -0.39 is 9.75 Å². The Bertz CT molecular complexity index is 346. The van der Waals surface area contributed by atoms with Crippen LogP contribution >= 0.6 is 23.2 Å². The zero-order valence-electron chi connectivity index (χ0n) is 8.88. The number of likely N-dealkylation sites (tertiary alicyclic amines) is 1. The summed E-state index contributed by atoms with van der Waals surface area (Å²) in [4.78, 5) is 24.9. The maximum atomic E-state index is 11.9. The Morgan fingerprint density at radius 1 is 1.47 bits per heavy atom. The SMILES string of the molecule is CC(C)(C)C(=O)N1C[C@H]2C(=O)C(Cl)(Cl)[C@H]21. The van der Waals surface area contributed by atoms with Crippen LogP contribution in [0, 0.1) is 11.3 Å². The molecule has 1 saturated carbocycles. The van der Waals surface area contributed by atoms with Crippen molar-refractivity contribution in [2.75, 3.05) is 6.54 Å². The number of fused-ring (bicyclic) bond motifs is 1. The van der Waals surface area contributed by atoms with Crippen molar-refractivity contribution in [1.82, 2.24) is 4.90 Å². The number of nitrogens with zero attached hydrogens (tertiary/aromatic N) is 1. The first-order valence-electron chi connectivity index (χ1n) is 4.90. The van der Waals surface area contributed by atoms with Crippen LogP contribution in [0.3, 0.4) is 0 Å². The Hall–Kier alpha value is -0.280. The fourth-order valence-electron chi connectivity index (χ4n) is 2.12. The third kappa shape index (κ3) is 1.32. The summed E-state index contributed by atoms with van der Waals surface area (Å²) in [5, 5.41) is 0. The van der Waals surface area contributed by atoms with E-state index in [-0.39, 0.29) is 23.7 Å². The lowest BCUT2D eigenvalue weighted by atomic mass is 9.68. The van der Waals surface area contributed by atoms with Gasteiger partial charge in [-0.25, -0.2) is 0 Å². The second-order valence-electron chi connectivity index (χ2n) is 5.25. The number of hydrogen-bond donors (Lipinski definition) is 0. The monoisotopic (exact) mass is 249 g/mol. The molecular weight excluding hydrogens is 237 g/mol. The van der Waals surface area contributed by atoms with Crippen LogP contribution in [0.1, 0.15) is 20.8 Å². The summed E-state index contributed by atoms with van der Waals surface area (Å²) in [5.74, 6) is -0.276. The molecule has 0 unspecified atom stereocenters. The van der Waals surface area contributed by atoms with E-state index in [9.17, 15) is 9.59 Å². The third-order valence-electron chi connectivity index (χ3n) is 3.05. The number of carbonyl (C=O) groups excluding carboxylic acids is 2. The second-order valence-corrected chi connectivity index (χ2v) is 6.63. The van der Waals surface area contributed by atoms with E-state index in [0.717, 1.165) is 0 Å². The molecule has 1 saturated heterocycles. The van der Waals surface area contributed by atoms with E-state index in [1.54, 1.807) is 4.90 Å². The number of ketones is 1. The van der Waals surface area contributed by atoms with Gasteiger partial charge in [-0.3, -0.25) is 9.59 Å². The summed E-state index contributed by atoms with van der Waals surface area (Å²) in [5.41, 5.74) is -0.451. The molecule has 0 bridgehead atoms. The van der Waals surface area contributed by atoms with Gasteiger partial charge in [0, 0.05) is 12.0 Å². The summed E-state index contributed by atoms with van der Waals surface area (Å²) < 4.78 is -1.37. The van der Waals surface area contributed by atoms with Crippen LogP contribution in [0.25, 0.3) is 0 Å². The standard InChI is InChI=1S/C10H13Cl2NO2/c1-9(2,3)8(15)13-4-5-6(13)10(11,12)7(5)14/h5-6H,4H2,1-3H3/t5-,6+/m1/s1. The zero-order valence-corrected chi connectivity index (χ0v) is 10.4. The van der Waals surface area contributed by atoms with Crippen molar-refractivity contribution in [2.24, 2.45) is 11.3 Å². The molecule has 1 aliphatic heterocycles. The highest BCUT2D eigenvalue weighted by molar-refractivity contribution is 6.61. The van der Waals surface area contributed by atoms with Crippen LogP contribution in [0.15, 0.2) is 0 Å². The molecule has 1 aliphatic carbocycles. The molecule has 0 N–H and O–H groups in total. The molecule has 0 radical (unpaired) electrons. The molecule has 0 aromatic rings. The summed E-state index contributed by atoms with van der Waals surface area (Å²) in [6, 6.07) is -0.306. The minimum Gasteiger partial charge on any atom is -0.334 e. The Labute approximate surface area is 98.7 Å². The van der Waals surface area contributed by atoms with Gasteiger partial charge in [0.05, 0.1) is 12.0 Å². The number of halogens is 2. The summed E-state index contributed by atoms with van der Waals surface area (Å²) in [6.45, 7) is 5.99. The number of alkyl halides is 2. The summed E-state index contributed by atoms with van der Waals surface area (Å²) >= 11 is 11.7. The van der Waals surface area contributed by atoms with Gasteiger partial charge in [-0.15, -0.1) is 0 Å². The Morgan fingerprint density at radius 2 is 2.00 bits per heavy atom. The van der Waals surface area contributed by atoms with Gasteiger partial charge in [0.25, 0.3) is 0 Å². The predicted octanol–water partition coefficient (Wildman–Crippen LogP) is 1.62. The first-order chi connectivity index (χ1) is 6.67. The van der Waals surface area contributed by atoms with E-state index in [4.69, 9.17) is 23.2 Å². The molecule has 0 aromatic carbocycles. The average Bonchev–Trinajstić information content (AvgIpc) is 1.99. The fourth-order valence-corrected chi connectivity index (χ4v) is 2.94. The maximum absolute atomic E-state index is 11.9. The van der Waals surface area contributed by atoms with Crippen molar-refractivity contribution in [3.8, 4) is 0 Å². The molecule has 2 atom stereocenters. The first-order valence-corrected chi connectivity index (χ1v) is 5.66. The quantitative estimate of drug-likeness (QED) is 0.612. The van der Waals surface area contributed by atoms with Gasteiger partial charge in [-0.1, -0.05) is 44.0 Å². The molecule has 3 nitrogen and oxygen atoms in total. The highest BCUT2D eigenvalue weighted by Crippen LogP contribution is 2.53. The van der Waals surface area contributed by atoms with Crippen LogP contribution in [-0.2, 0) is 9.59 Å². The minimum atomic E-state index is -1.37. The molecule has 1 amide bonds. The third-order valence-corrected chi connectivity index (χ3v) is 3.87. The fraction of sp³-hybridized carbons (Fsp3) is 0.800. The van der Waals surface area contributed by atoms with Gasteiger partial charge in [0.15, 0.2) is 10.1 Å². The van der Waals surface area contributed by atoms with Crippen LogP contribution in [0.2, 0.25) is 0 Å². The number of Topliss-reactive ketones (excluding diaryl/α,β-unsaturated/α-hetero) is 1. The average molecular weight is 250 g/mol. The number of piperidine rings is 1. The first kappa shape index (κ1) is 11.2. The molecule has 2 aliphatic rings. The van der Waals surface area contributed by atoms with Gasteiger partial charge < -0.3 is 4.90 Å². The smallest absolute Gasteiger partial charge is 0.228 e. The number of carbonyl (C=O) groups is 2. The van der Waals surface area contributed by atoms with E-state index in [1.807, 2.05) is 20.8 Å². The van der Waals surface area contributed by atoms with E-state index in [0.29, 0.717) is 6.54 Å². The highest BCUT2D eigenvalue weighted by Gasteiger charge is 2.70. The summed E-state index contributed by atoms with van der Waals surface area (Å²) in [6.07, 6.45) is 0. The predicted molar refractivity (Wildman–Crippen MR) is 57.9 cm³/mol. The Kier molecular flexibility index (Phi) is 2.16. The van der Waals surface area contributed by atoms with Crippen LogP contribution < -0.4 is 0 Å². The van der Waals surface area contributed by atoms with Crippen molar-refractivity contribution in [1.29, 1.82) is 0 Å². The molecule has 1 heterocycles. The van der Waals surface area contributed by atoms with E-state index in [1.165, 1.54) is 0 Å². The minimum absolute atomic E-state index is 0.00178. The summed E-state index contributed by atoms with van der Waals surface area (Å²) in [7, 11) is 0. The van der Waals surface area contributed by atoms with Crippen molar-refractivity contribution in [3.05, 3.63) is 0 Å². The van der Waals surface area contributed by atoms with Gasteiger partial charge in [0.2, 0.25) is 5.91 Å². The lowest BCUT2D eigenvalue weighted by Crippen LogP contribution is -2.80. The molecule has 2 fully saturated rings. The van der Waals surface area contributed by atoms with Gasteiger partial charge in [-0.05, 0) is 0 Å². The van der Waals surface area contributed by atoms with Crippen molar-refractivity contribution >= 4 is 34.9 Å². The molecular formula is C10H13Cl2NO2. The van der Waals surface area contributed by atoms with Crippen molar-refractivity contribution in [3.63, 3.8) is 0 Å². The van der Waals surface area contributed by atoms with Crippen molar-refractivity contribution in [2.45, 2.75) is 31.1 Å². The van der Waals surface area contributed by atoms with Crippen molar-refractivity contribution < 1.29 is 9.59 Å². The van der Waals surface area contributed by atoms with E-state index >= 15 is 0 Å². The Morgan fingerprint density at radius 3 is 2.40 bits per heavy atom. The highest BCUT2D eigenvalue weighted by atomic mass is 35.5. The number of hydrogen-bond acceptors (Lipinski definition) is 2. The van der Waals surface area contributed by atoms with Crippen LogP contribution in [0.5, 0.6) is 0 Å².